The molecule has 0 saturated carbocycles. The van der Waals surface area contributed by atoms with Crippen molar-refractivity contribution in [3.05, 3.63) is 65.1 Å². The SMILES string of the molecule is Cc1cc(-c2ncc(C)[nH]2)nc(C2CCN(Cc3ccccc3F)CC2)n1. The summed E-state index contributed by atoms with van der Waals surface area (Å²) in [5, 5.41) is 0. The summed E-state index contributed by atoms with van der Waals surface area (Å²) < 4.78 is 13.9. The highest BCUT2D eigenvalue weighted by Crippen LogP contribution is 2.28. The van der Waals surface area contributed by atoms with E-state index in [4.69, 9.17) is 4.98 Å². The molecule has 0 spiro atoms. The molecule has 3 aromatic rings. The summed E-state index contributed by atoms with van der Waals surface area (Å²) in [6.45, 7) is 6.48. The van der Waals surface area contributed by atoms with Crippen LogP contribution in [0, 0.1) is 19.7 Å². The van der Waals surface area contributed by atoms with Crippen LogP contribution in [0.3, 0.4) is 0 Å². The van der Waals surface area contributed by atoms with Crippen molar-refractivity contribution < 1.29 is 4.39 Å². The average Bonchev–Trinajstić information content (AvgIpc) is 3.10. The zero-order valence-electron chi connectivity index (χ0n) is 15.7. The van der Waals surface area contributed by atoms with E-state index in [-0.39, 0.29) is 5.82 Å². The molecule has 0 amide bonds. The molecule has 0 aliphatic carbocycles. The largest absolute Gasteiger partial charge is 0.341 e. The number of H-pyrrole nitrogens is 1. The average molecular weight is 365 g/mol. The monoisotopic (exact) mass is 365 g/mol. The lowest BCUT2D eigenvalue weighted by molar-refractivity contribution is 0.199. The maximum atomic E-state index is 13.9. The molecule has 4 rings (SSSR count). The van der Waals surface area contributed by atoms with Crippen LogP contribution in [-0.4, -0.2) is 37.9 Å². The van der Waals surface area contributed by atoms with Gasteiger partial charge in [-0.3, -0.25) is 4.90 Å². The highest BCUT2D eigenvalue weighted by atomic mass is 19.1. The first kappa shape index (κ1) is 17.8. The first-order valence-corrected chi connectivity index (χ1v) is 9.42. The summed E-state index contributed by atoms with van der Waals surface area (Å²) in [5.74, 6) is 1.89. The van der Waals surface area contributed by atoms with Gasteiger partial charge in [-0.1, -0.05) is 18.2 Å². The summed E-state index contributed by atoms with van der Waals surface area (Å²) in [6, 6.07) is 8.99. The smallest absolute Gasteiger partial charge is 0.156 e. The number of rotatable bonds is 4. The number of aromatic nitrogens is 4. The van der Waals surface area contributed by atoms with Gasteiger partial charge in [-0.05, 0) is 51.9 Å². The fourth-order valence-electron chi connectivity index (χ4n) is 3.66. The van der Waals surface area contributed by atoms with Gasteiger partial charge in [-0.25, -0.2) is 19.3 Å². The van der Waals surface area contributed by atoms with E-state index in [1.165, 1.54) is 6.07 Å². The molecule has 0 bridgehead atoms. The third-order valence-electron chi connectivity index (χ3n) is 5.12. The van der Waals surface area contributed by atoms with Crippen LogP contribution in [0.25, 0.3) is 11.5 Å². The number of benzene rings is 1. The molecule has 1 fully saturated rings. The van der Waals surface area contributed by atoms with E-state index in [1.54, 1.807) is 6.07 Å². The van der Waals surface area contributed by atoms with E-state index < -0.39 is 0 Å². The molecule has 0 radical (unpaired) electrons. The number of nitrogens with one attached hydrogen (secondary N) is 1. The van der Waals surface area contributed by atoms with Crippen molar-refractivity contribution in [1.29, 1.82) is 0 Å². The molecule has 6 heteroatoms. The number of halogens is 1. The number of piperidine rings is 1. The van der Waals surface area contributed by atoms with Crippen molar-refractivity contribution >= 4 is 0 Å². The molecule has 140 valence electrons. The highest BCUT2D eigenvalue weighted by Gasteiger charge is 2.24. The molecule has 1 saturated heterocycles. The second-order valence-corrected chi connectivity index (χ2v) is 7.31. The van der Waals surface area contributed by atoms with Gasteiger partial charge in [-0.15, -0.1) is 0 Å². The number of nitrogens with zero attached hydrogens (tertiary/aromatic N) is 4. The van der Waals surface area contributed by atoms with Gasteiger partial charge in [0.1, 0.15) is 17.3 Å². The van der Waals surface area contributed by atoms with E-state index in [2.05, 4.69) is 19.9 Å². The number of aryl methyl sites for hydroxylation is 2. The zero-order chi connectivity index (χ0) is 18.8. The predicted octanol–water partition coefficient (Wildman–Crippen LogP) is 4.00. The fraction of sp³-hybridized carbons (Fsp3) is 0.381. The van der Waals surface area contributed by atoms with Crippen LogP contribution >= 0.6 is 0 Å². The van der Waals surface area contributed by atoms with Crippen molar-refractivity contribution in [3.63, 3.8) is 0 Å². The Morgan fingerprint density at radius 3 is 2.63 bits per heavy atom. The minimum Gasteiger partial charge on any atom is -0.341 e. The Morgan fingerprint density at radius 1 is 1.15 bits per heavy atom. The van der Waals surface area contributed by atoms with Crippen LogP contribution in [0.4, 0.5) is 4.39 Å². The van der Waals surface area contributed by atoms with Crippen LogP contribution in [0.1, 0.15) is 41.5 Å². The highest BCUT2D eigenvalue weighted by molar-refractivity contribution is 5.50. The van der Waals surface area contributed by atoms with Gasteiger partial charge in [0, 0.05) is 35.6 Å². The number of likely N-dealkylation sites (tertiary alicyclic amines) is 1. The van der Waals surface area contributed by atoms with E-state index in [9.17, 15) is 4.39 Å². The molecule has 3 heterocycles. The van der Waals surface area contributed by atoms with Crippen molar-refractivity contribution in [2.45, 2.75) is 39.2 Å². The molecule has 1 aliphatic heterocycles. The van der Waals surface area contributed by atoms with Crippen LogP contribution in [0.5, 0.6) is 0 Å². The number of hydrogen-bond donors (Lipinski definition) is 1. The van der Waals surface area contributed by atoms with Crippen molar-refractivity contribution in [1.82, 2.24) is 24.8 Å². The van der Waals surface area contributed by atoms with Crippen LogP contribution in [-0.2, 0) is 6.54 Å². The Labute approximate surface area is 158 Å². The Balaban J connectivity index is 1.45. The van der Waals surface area contributed by atoms with Crippen molar-refractivity contribution in [2.75, 3.05) is 13.1 Å². The molecule has 1 aliphatic rings. The lowest BCUT2D eigenvalue weighted by Gasteiger charge is -2.31. The Morgan fingerprint density at radius 2 is 1.93 bits per heavy atom. The normalized spacial score (nSPS) is 16.0. The number of imidazole rings is 1. The van der Waals surface area contributed by atoms with Gasteiger partial charge in [0.05, 0.1) is 0 Å². The third-order valence-corrected chi connectivity index (χ3v) is 5.12. The van der Waals surface area contributed by atoms with Gasteiger partial charge in [0.2, 0.25) is 0 Å². The van der Waals surface area contributed by atoms with E-state index in [0.29, 0.717) is 12.5 Å². The van der Waals surface area contributed by atoms with Crippen LogP contribution in [0.2, 0.25) is 0 Å². The lowest BCUT2D eigenvalue weighted by Crippen LogP contribution is -2.33. The molecule has 2 aromatic heterocycles. The topological polar surface area (TPSA) is 57.7 Å². The first-order valence-electron chi connectivity index (χ1n) is 9.42. The molecule has 1 aromatic carbocycles. The quantitative estimate of drug-likeness (QED) is 0.759. The van der Waals surface area contributed by atoms with E-state index >= 15 is 0 Å². The molecule has 1 N–H and O–H groups in total. The Bertz CT molecular complexity index is 928. The molecular weight excluding hydrogens is 341 g/mol. The predicted molar refractivity (Wildman–Crippen MR) is 103 cm³/mol. The third kappa shape index (κ3) is 4.06. The van der Waals surface area contributed by atoms with Gasteiger partial charge < -0.3 is 4.98 Å². The molecule has 0 unspecified atom stereocenters. The van der Waals surface area contributed by atoms with Crippen LogP contribution in [0.15, 0.2) is 36.5 Å². The van der Waals surface area contributed by atoms with Gasteiger partial charge in [0.25, 0.3) is 0 Å². The van der Waals surface area contributed by atoms with Crippen LogP contribution < -0.4 is 0 Å². The Hall–Kier alpha value is -2.60. The molecule has 5 nitrogen and oxygen atoms in total. The molecule has 0 atom stereocenters. The zero-order valence-corrected chi connectivity index (χ0v) is 15.7. The molecular formula is C21H24FN5. The van der Waals surface area contributed by atoms with Crippen molar-refractivity contribution in [3.8, 4) is 11.5 Å². The Kier molecular flexibility index (Phi) is 4.99. The summed E-state index contributed by atoms with van der Waals surface area (Å²) in [4.78, 5) is 19.4. The lowest BCUT2D eigenvalue weighted by atomic mass is 9.95. The minimum atomic E-state index is -0.125. The van der Waals surface area contributed by atoms with Gasteiger partial charge >= 0.3 is 0 Å². The number of aromatic amines is 1. The van der Waals surface area contributed by atoms with Gasteiger partial charge in [0.15, 0.2) is 5.82 Å². The second kappa shape index (κ2) is 7.56. The standard InChI is InChI=1S/C21H24FN5/c1-14-11-19(21-23-12-15(2)25-21)26-20(24-14)16-7-9-27(10-8-16)13-17-5-3-4-6-18(17)22/h3-6,11-12,16H,7-10,13H2,1-2H3,(H,23,25). The van der Waals surface area contributed by atoms with Crippen molar-refractivity contribution in [2.24, 2.45) is 0 Å². The summed E-state index contributed by atoms with van der Waals surface area (Å²) >= 11 is 0. The summed E-state index contributed by atoms with van der Waals surface area (Å²) in [7, 11) is 0. The second-order valence-electron chi connectivity index (χ2n) is 7.31. The minimum absolute atomic E-state index is 0.125. The van der Waals surface area contributed by atoms with E-state index in [0.717, 1.165) is 60.2 Å². The maximum absolute atomic E-state index is 13.9. The number of hydrogen-bond acceptors (Lipinski definition) is 4. The maximum Gasteiger partial charge on any atom is 0.156 e. The van der Waals surface area contributed by atoms with E-state index in [1.807, 2.05) is 38.2 Å². The molecule has 27 heavy (non-hydrogen) atoms. The summed E-state index contributed by atoms with van der Waals surface area (Å²) in [5.41, 5.74) is 3.58. The summed E-state index contributed by atoms with van der Waals surface area (Å²) in [6.07, 6.45) is 3.77. The first-order chi connectivity index (χ1) is 13.1. The fourth-order valence-corrected chi connectivity index (χ4v) is 3.66. The van der Waals surface area contributed by atoms with Gasteiger partial charge in [-0.2, -0.15) is 0 Å².